The van der Waals surface area contributed by atoms with Crippen LogP contribution in [0.25, 0.3) is 11.5 Å². The van der Waals surface area contributed by atoms with E-state index >= 15 is 0 Å². The number of benzene rings is 1. The molecule has 1 aliphatic heterocycles. The average molecular weight is 429 g/mol. The Bertz CT molecular complexity index is 1190. The van der Waals surface area contributed by atoms with Crippen molar-refractivity contribution in [1.82, 2.24) is 15.1 Å². The summed E-state index contributed by atoms with van der Waals surface area (Å²) in [6.45, 7) is 1.33. The van der Waals surface area contributed by atoms with Crippen LogP contribution in [-0.2, 0) is 10.0 Å². The van der Waals surface area contributed by atoms with Gasteiger partial charge in [-0.3, -0.25) is 9.52 Å². The van der Waals surface area contributed by atoms with Crippen LogP contribution >= 0.6 is 11.3 Å². The maximum atomic E-state index is 12.6. The second kappa shape index (κ2) is 7.65. The zero-order chi connectivity index (χ0) is 20.4. The van der Waals surface area contributed by atoms with Gasteiger partial charge in [0.05, 0.1) is 17.2 Å². The Morgan fingerprint density at radius 1 is 1.21 bits per heavy atom. The molecule has 11 heteroatoms. The quantitative estimate of drug-likeness (QED) is 0.660. The molecule has 2 aromatic heterocycles. The average Bonchev–Trinajstić information content (AvgIpc) is 3.49. The third-order valence-electron chi connectivity index (χ3n) is 4.35. The standard InChI is InChI=1S/C18H15N5O4S2/c19-10-12-3-5-14(6-4-12)22-29(25,26)15-9-13(11-28-15)16-20-21-17(27-16)18(24)23-7-1-2-8-23/h3-6,9,11,22H,1-2,7-8H2. The van der Waals surface area contributed by atoms with E-state index in [0.29, 0.717) is 29.9 Å². The molecule has 1 fully saturated rings. The van der Waals surface area contributed by atoms with Crippen LogP contribution in [0.15, 0.2) is 44.3 Å². The van der Waals surface area contributed by atoms with Gasteiger partial charge in [0.1, 0.15) is 4.21 Å². The van der Waals surface area contributed by atoms with Gasteiger partial charge in [0, 0.05) is 24.2 Å². The van der Waals surface area contributed by atoms with Crippen LogP contribution in [0.3, 0.4) is 0 Å². The summed E-state index contributed by atoms with van der Waals surface area (Å²) < 4.78 is 33.2. The zero-order valence-electron chi connectivity index (χ0n) is 15.0. The van der Waals surface area contributed by atoms with Crippen LogP contribution in [-0.4, -0.2) is 42.5 Å². The molecular weight excluding hydrogens is 414 g/mol. The molecule has 3 aromatic rings. The Kier molecular flexibility index (Phi) is 5.04. The number of amides is 1. The molecule has 1 amide bonds. The topological polar surface area (TPSA) is 129 Å². The largest absolute Gasteiger partial charge is 0.412 e. The number of nitriles is 1. The van der Waals surface area contributed by atoms with Gasteiger partial charge in [-0.2, -0.15) is 5.26 Å². The maximum absolute atomic E-state index is 12.6. The lowest BCUT2D eigenvalue weighted by Gasteiger charge is -2.11. The number of anilines is 1. The summed E-state index contributed by atoms with van der Waals surface area (Å²) >= 11 is 0.995. The molecule has 0 saturated carbocycles. The number of likely N-dealkylation sites (tertiary alicyclic amines) is 1. The Balaban J connectivity index is 1.51. The highest BCUT2D eigenvalue weighted by molar-refractivity contribution is 7.94. The SMILES string of the molecule is N#Cc1ccc(NS(=O)(=O)c2cc(-c3nnc(C(=O)N4CCCC4)o3)cs2)cc1. The Hall–Kier alpha value is -3.23. The molecule has 0 bridgehead atoms. The molecule has 0 aliphatic carbocycles. The van der Waals surface area contributed by atoms with Gasteiger partial charge in [-0.25, -0.2) is 8.42 Å². The molecule has 0 spiro atoms. The number of thiophene rings is 1. The molecule has 1 saturated heterocycles. The number of hydrogen-bond acceptors (Lipinski definition) is 8. The van der Waals surface area contributed by atoms with Crippen molar-refractivity contribution in [2.45, 2.75) is 17.1 Å². The maximum Gasteiger partial charge on any atom is 0.311 e. The fourth-order valence-electron chi connectivity index (χ4n) is 2.87. The van der Waals surface area contributed by atoms with E-state index in [2.05, 4.69) is 14.9 Å². The third-order valence-corrected chi connectivity index (χ3v) is 7.18. The lowest BCUT2D eigenvalue weighted by atomic mass is 10.2. The number of rotatable bonds is 5. The van der Waals surface area contributed by atoms with Crippen LogP contribution < -0.4 is 4.72 Å². The van der Waals surface area contributed by atoms with Gasteiger partial charge >= 0.3 is 11.8 Å². The van der Waals surface area contributed by atoms with Crippen LogP contribution in [0, 0.1) is 11.3 Å². The third kappa shape index (κ3) is 3.98. The van der Waals surface area contributed by atoms with Crippen molar-refractivity contribution in [2.75, 3.05) is 17.8 Å². The van der Waals surface area contributed by atoms with Gasteiger partial charge in [0.25, 0.3) is 10.0 Å². The molecule has 4 rings (SSSR count). The fourth-order valence-corrected chi connectivity index (χ4v) is 5.08. The van der Waals surface area contributed by atoms with Gasteiger partial charge < -0.3 is 9.32 Å². The first-order valence-electron chi connectivity index (χ1n) is 8.71. The lowest BCUT2D eigenvalue weighted by Crippen LogP contribution is -2.27. The van der Waals surface area contributed by atoms with Gasteiger partial charge in [-0.15, -0.1) is 21.5 Å². The van der Waals surface area contributed by atoms with Crippen LogP contribution in [0.4, 0.5) is 5.69 Å². The highest BCUT2D eigenvalue weighted by Crippen LogP contribution is 2.29. The van der Waals surface area contributed by atoms with E-state index in [1.54, 1.807) is 10.3 Å². The van der Waals surface area contributed by atoms with Crippen molar-refractivity contribution >= 4 is 33.0 Å². The minimum absolute atomic E-state index is 0.0579. The van der Waals surface area contributed by atoms with Gasteiger partial charge in [0.15, 0.2) is 0 Å². The molecule has 9 nitrogen and oxygen atoms in total. The molecule has 148 valence electrons. The number of carbonyl (C=O) groups is 1. The second-order valence-corrected chi connectivity index (χ2v) is 9.18. The van der Waals surface area contributed by atoms with Crippen molar-refractivity contribution in [3.63, 3.8) is 0 Å². The summed E-state index contributed by atoms with van der Waals surface area (Å²) in [5.74, 6) is -0.330. The highest BCUT2D eigenvalue weighted by atomic mass is 32.2. The van der Waals surface area contributed by atoms with E-state index in [1.807, 2.05) is 6.07 Å². The van der Waals surface area contributed by atoms with Gasteiger partial charge in [-0.1, -0.05) is 0 Å². The summed E-state index contributed by atoms with van der Waals surface area (Å²) in [7, 11) is -3.82. The summed E-state index contributed by atoms with van der Waals surface area (Å²) in [6, 6.07) is 9.45. The number of hydrogen-bond donors (Lipinski definition) is 1. The molecular formula is C18H15N5O4S2. The van der Waals surface area contributed by atoms with Gasteiger partial charge in [-0.05, 0) is 43.2 Å². The number of nitrogens with one attached hydrogen (secondary N) is 1. The monoisotopic (exact) mass is 429 g/mol. The molecule has 0 atom stereocenters. The Morgan fingerprint density at radius 3 is 2.62 bits per heavy atom. The molecule has 29 heavy (non-hydrogen) atoms. The molecule has 1 N–H and O–H groups in total. The van der Waals surface area contributed by atoms with Crippen LogP contribution in [0.1, 0.15) is 29.1 Å². The first kappa shape index (κ1) is 19.1. The van der Waals surface area contributed by atoms with Crippen molar-refractivity contribution in [3.8, 4) is 17.5 Å². The summed E-state index contributed by atoms with van der Waals surface area (Å²) in [6.07, 6.45) is 1.90. The van der Waals surface area contributed by atoms with E-state index in [4.69, 9.17) is 9.68 Å². The van der Waals surface area contributed by atoms with E-state index in [0.717, 1.165) is 24.2 Å². The van der Waals surface area contributed by atoms with E-state index in [1.165, 1.54) is 30.3 Å². The smallest absolute Gasteiger partial charge is 0.311 e. The predicted molar refractivity (Wildman–Crippen MR) is 105 cm³/mol. The lowest BCUT2D eigenvalue weighted by molar-refractivity contribution is 0.0754. The van der Waals surface area contributed by atoms with Crippen LogP contribution in [0.2, 0.25) is 0 Å². The fraction of sp³-hybridized carbons (Fsp3) is 0.222. The van der Waals surface area contributed by atoms with Crippen molar-refractivity contribution in [1.29, 1.82) is 5.26 Å². The normalized spacial score (nSPS) is 14.0. The number of nitrogens with zero attached hydrogens (tertiary/aromatic N) is 4. The molecule has 0 radical (unpaired) electrons. The first-order valence-corrected chi connectivity index (χ1v) is 11.1. The molecule has 3 heterocycles. The molecule has 1 aromatic carbocycles. The van der Waals surface area contributed by atoms with E-state index in [9.17, 15) is 13.2 Å². The number of aromatic nitrogens is 2. The van der Waals surface area contributed by atoms with Gasteiger partial charge in [0.2, 0.25) is 5.89 Å². The van der Waals surface area contributed by atoms with E-state index < -0.39 is 10.0 Å². The number of carbonyl (C=O) groups excluding carboxylic acids is 1. The summed E-state index contributed by atoms with van der Waals surface area (Å²) in [5.41, 5.74) is 1.19. The van der Waals surface area contributed by atoms with Crippen molar-refractivity contribution in [2.24, 2.45) is 0 Å². The first-order chi connectivity index (χ1) is 14.0. The molecule has 1 aliphatic rings. The summed E-state index contributed by atoms with van der Waals surface area (Å²) in [4.78, 5) is 14.0. The van der Waals surface area contributed by atoms with Crippen LogP contribution in [0.5, 0.6) is 0 Å². The van der Waals surface area contributed by atoms with E-state index in [-0.39, 0.29) is 21.9 Å². The molecule has 0 unspecified atom stereocenters. The number of sulfonamides is 1. The van der Waals surface area contributed by atoms with Crippen molar-refractivity contribution < 1.29 is 17.6 Å². The summed E-state index contributed by atoms with van der Waals surface area (Å²) in [5, 5.41) is 18.1. The van der Waals surface area contributed by atoms with Crippen molar-refractivity contribution in [3.05, 3.63) is 47.2 Å². The minimum Gasteiger partial charge on any atom is -0.412 e. The predicted octanol–water partition coefficient (Wildman–Crippen LogP) is 2.71. The zero-order valence-corrected chi connectivity index (χ0v) is 16.7. The Morgan fingerprint density at radius 2 is 1.93 bits per heavy atom. The second-order valence-electron chi connectivity index (χ2n) is 6.36. The minimum atomic E-state index is -3.82. The highest BCUT2D eigenvalue weighted by Gasteiger charge is 2.26. The Labute approximate surface area is 170 Å².